The van der Waals surface area contributed by atoms with Gasteiger partial charge in [0, 0.05) is 36.6 Å². The van der Waals surface area contributed by atoms with Crippen molar-refractivity contribution in [2.45, 2.75) is 58.3 Å². The van der Waals surface area contributed by atoms with E-state index < -0.39 is 0 Å². The number of unbranched alkanes of at least 4 members (excludes halogenated alkanes) is 3. The van der Waals surface area contributed by atoms with Gasteiger partial charge >= 0.3 is 0 Å². The average molecular weight is 379 g/mol. The highest BCUT2D eigenvalue weighted by molar-refractivity contribution is 5.83. The summed E-state index contributed by atoms with van der Waals surface area (Å²) in [5.74, 6) is 2.50. The van der Waals surface area contributed by atoms with Crippen LogP contribution in [0.15, 0.2) is 42.6 Å². The number of hydrogen-bond donors (Lipinski definition) is 1. The molecule has 1 saturated carbocycles. The quantitative estimate of drug-likeness (QED) is 0.416. The molecule has 2 aromatic rings. The van der Waals surface area contributed by atoms with Crippen molar-refractivity contribution in [2.75, 3.05) is 13.1 Å². The van der Waals surface area contributed by atoms with Gasteiger partial charge in [-0.2, -0.15) is 0 Å². The number of H-pyrrole nitrogens is 1. The number of hydrogen-bond acceptors (Lipinski definition) is 1. The fourth-order valence-corrected chi connectivity index (χ4v) is 5.16. The lowest BCUT2D eigenvalue weighted by Crippen LogP contribution is -2.38. The molecule has 1 heterocycles. The van der Waals surface area contributed by atoms with Crippen molar-refractivity contribution in [2.24, 2.45) is 17.8 Å². The van der Waals surface area contributed by atoms with E-state index in [1.807, 2.05) is 0 Å². The molecule has 2 aliphatic rings. The van der Waals surface area contributed by atoms with Gasteiger partial charge < -0.3 is 9.88 Å². The second-order valence-electron chi connectivity index (χ2n) is 8.80. The molecule has 0 saturated heterocycles. The SMILES string of the molecule is CCCCCCC(=O)N(CCc1c[nH]c2ccccc12)CC1CC2C=CC1C2. The van der Waals surface area contributed by atoms with Crippen LogP contribution in [-0.4, -0.2) is 28.9 Å². The molecule has 1 aromatic carbocycles. The fourth-order valence-electron chi connectivity index (χ4n) is 5.16. The van der Waals surface area contributed by atoms with Crippen molar-refractivity contribution in [1.82, 2.24) is 9.88 Å². The normalized spacial score (nSPS) is 23.0. The lowest BCUT2D eigenvalue weighted by Gasteiger charge is -2.29. The Morgan fingerprint density at radius 1 is 1.14 bits per heavy atom. The van der Waals surface area contributed by atoms with Crippen LogP contribution in [0.5, 0.6) is 0 Å². The number of rotatable bonds is 10. The van der Waals surface area contributed by atoms with Gasteiger partial charge in [0.2, 0.25) is 5.91 Å². The standard InChI is InChI=1S/C25H34N2O/c1-2-3-4-5-10-25(28)27(18-22-16-19-11-12-20(22)15-19)14-13-21-17-26-24-9-7-6-8-23(21)24/h6-9,11-12,17,19-20,22,26H,2-5,10,13-16,18H2,1H3. The second kappa shape index (κ2) is 8.98. The second-order valence-corrected chi connectivity index (χ2v) is 8.80. The molecule has 150 valence electrons. The number of nitrogens with one attached hydrogen (secondary N) is 1. The van der Waals surface area contributed by atoms with Gasteiger partial charge in [0.1, 0.15) is 0 Å². The summed E-state index contributed by atoms with van der Waals surface area (Å²) in [7, 11) is 0. The molecule has 1 aromatic heterocycles. The summed E-state index contributed by atoms with van der Waals surface area (Å²) in [4.78, 5) is 18.6. The highest BCUT2D eigenvalue weighted by Crippen LogP contribution is 2.43. The maximum absolute atomic E-state index is 13.0. The molecule has 3 atom stereocenters. The monoisotopic (exact) mass is 378 g/mol. The summed E-state index contributed by atoms with van der Waals surface area (Å²) in [5.41, 5.74) is 2.51. The molecule has 1 fully saturated rings. The molecule has 0 aliphatic heterocycles. The Bertz CT molecular complexity index is 821. The number of nitrogens with zero attached hydrogens (tertiary/aromatic N) is 1. The third-order valence-corrected chi connectivity index (χ3v) is 6.79. The Hall–Kier alpha value is -2.03. The van der Waals surface area contributed by atoms with Gasteiger partial charge in [-0.3, -0.25) is 4.79 Å². The minimum Gasteiger partial charge on any atom is -0.361 e. The third-order valence-electron chi connectivity index (χ3n) is 6.79. The average Bonchev–Trinajstić information content (AvgIpc) is 3.44. The fraction of sp³-hybridized carbons (Fsp3) is 0.560. The molecule has 2 bridgehead atoms. The van der Waals surface area contributed by atoms with Crippen molar-refractivity contribution < 1.29 is 4.79 Å². The molecular formula is C25H34N2O. The minimum absolute atomic E-state index is 0.364. The van der Waals surface area contributed by atoms with Crippen LogP contribution in [0.3, 0.4) is 0 Å². The topological polar surface area (TPSA) is 36.1 Å². The van der Waals surface area contributed by atoms with Gasteiger partial charge in [0.05, 0.1) is 0 Å². The highest BCUT2D eigenvalue weighted by Gasteiger charge is 2.36. The molecular weight excluding hydrogens is 344 g/mol. The summed E-state index contributed by atoms with van der Waals surface area (Å²) in [6, 6.07) is 8.46. The minimum atomic E-state index is 0.364. The number of para-hydroxylation sites is 1. The van der Waals surface area contributed by atoms with Crippen molar-refractivity contribution in [3.05, 3.63) is 48.2 Å². The Balaban J connectivity index is 1.39. The van der Waals surface area contributed by atoms with Crippen molar-refractivity contribution in [3.8, 4) is 0 Å². The Labute approximate surface area is 169 Å². The van der Waals surface area contributed by atoms with Crippen LogP contribution in [0.25, 0.3) is 10.9 Å². The number of carbonyl (C=O) groups excluding carboxylic acids is 1. The van der Waals surface area contributed by atoms with E-state index in [-0.39, 0.29) is 0 Å². The number of amides is 1. The van der Waals surface area contributed by atoms with Gasteiger partial charge in [0.15, 0.2) is 0 Å². The number of aromatic nitrogens is 1. The van der Waals surface area contributed by atoms with Crippen molar-refractivity contribution in [3.63, 3.8) is 0 Å². The van der Waals surface area contributed by atoms with E-state index in [1.165, 1.54) is 48.6 Å². The largest absolute Gasteiger partial charge is 0.361 e. The van der Waals surface area contributed by atoms with E-state index in [9.17, 15) is 4.79 Å². The Morgan fingerprint density at radius 3 is 2.82 bits per heavy atom. The zero-order chi connectivity index (χ0) is 19.3. The summed E-state index contributed by atoms with van der Waals surface area (Å²) in [6.07, 6.45) is 15.8. The molecule has 4 rings (SSSR count). The van der Waals surface area contributed by atoms with Crippen LogP contribution < -0.4 is 0 Å². The first kappa shape index (κ1) is 19.3. The van der Waals surface area contributed by atoms with E-state index in [2.05, 4.69) is 59.4 Å². The first-order chi connectivity index (χ1) is 13.7. The van der Waals surface area contributed by atoms with Gasteiger partial charge in [-0.1, -0.05) is 56.5 Å². The van der Waals surface area contributed by atoms with Gasteiger partial charge in [-0.05, 0) is 55.1 Å². The molecule has 3 heteroatoms. The van der Waals surface area contributed by atoms with Gasteiger partial charge in [-0.25, -0.2) is 0 Å². The number of carbonyl (C=O) groups is 1. The third kappa shape index (κ3) is 4.34. The molecule has 1 amide bonds. The molecule has 0 radical (unpaired) electrons. The molecule has 3 nitrogen and oxygen atoms in total. The Morgan fingerprint density at radius 2 is 2.04 bits per heavy atom. The van der Waals surface area contributed by atoms with Crippen LogP contribution in [-0.2, 0) is 11.2 Å². The zero-order valence-electron chi connectivity index (χ0n) is 17.2. The molecule has 2 aliphatic carbocycles. The number of allylic oxidation sites excluding steroid dienone is 2. The summed E-state index contributed by atoms with van der Waals surface area (Å²) in [5, 5.41) is 1.29. The van der Waals surface area contributed by atoms with E-state index in [1.54, 1.807) is 0 Å². The van der Waals surface area contributed by atoms with Crippen LogP contribution in [0.1, 0.15) is 57.4 Å². The van der Waals surface area contributed by atoms with Crippen LogP contribution in [0.2, 0.25) is 0 Å². The predicted octanol–water partition coefficient (Wildman–Crippen LogP) is 5.72. The van der Waals surface area contributed by atoms with Crippen molar-refractivity contribution >= 4 is 16.8 Å². The van der Waals surface area contributed by atoms with Crippen LogP contribution in [0, 0.1) is 17.8 Å². The number of benzene rings is 1. The van der Waals surface area contributed by atoms with E-state index in [0.717, 1.165) is 31.8 Å². The van der Waals surface area contributed by atoms with Crippen molar-refractivity contribution in [1.29, 1.82) is 0 Å². The molecule has 1 N–H and O–H groups in total. The predicted molar refractivity (Wildman–Crippen MR) is 116 cm³/mol. The maximum atomic E-state index is 13.0. The first-order valence-corrected chi connectivity index (χ1v) is 11.3. The van der Waals surface area contributed by atoms with E-state index in [4.69, 9.17) is 0 Å². The van der Waals surface area contributed by atoms with Gasteiger partial charge in [-0.15, -0.1) is 0 Å². The molecule has 0 spiro atoms. The van der Waals surface area contributed by atoms with Gasteiger partial charge in [0.25, 0.3) is 0 Å². The van der Waals surface area contributed by atoms with E-state index >= 15 is 0 Å². The number of fused-ring (bicyclic) bond motifs is 3. The lowest BCUT2D eigenvalue weighted by molar-refractivity contribution is -0.132. The molecule has 28 heavy (non-hydrogen) atoms. The smallest absolute Gasteiger partial charge is 0.222 e. The van der Waals surface area contributed by atoms with Crippen LogP contribution >= 0.6 is 0 Å². The summed E-state index contributed by atoms with van der Waals surface area (Å²) in [6.45, 7) is 4.00. The summed E-state index contributed by atoms with van der Waals surface area (Å²) >= 11 is 0. The highest BCUT2D eigenvalue weighted by atomic mass is 16.2. The summed E-state index contributed by atoms with van der Waals surface area (Å²) < 4.78 is 0. The maximum Gasteiger partial charge on any atom is 0.222 e. The number of aromatic amines is 1. The van der Waals surface area contributed by atoms with Crippen LogP contribution in [0.4, 0.5) is 0 Å². The first-order valence-electron chi connectivity index (χ1n) is 11.3. The molecule has 3 unspecified atom stereocenters. The van der Waals surface area contributed by atoms with E-state index in [0.29, 0.717) is 24.2 Å². The zero-order valence-corrected chi connectivity index (χ0v) is 17.2. The Kier molecular flexibility index (Phi) is 6.19. The lowest BCUT2D eigenvalue weighted by atomic mass is 9.92.